The van der Waals surface area contributed by atoms with E-state index in [0.29, 0.717) is 6.61 Å². The van der Waals surface area contributed by atoms with Crippen molar-refractivity contribution >= 4 is 28.7 Å². The molecule has 1 aromatic rings. The molecule has 18 heavy (non-hydrogen) atoms. The zero-order valence-corrected chi connectivity index (χ0v) is 12.5. The fourth-order valence-electron chi connectivity index (χ4n) is 1.91. The van der Waals surface area contributed by atoms with Crippen molar-refractivity contribution in [1.82, 2.24) is 4.90 Å². The highest BCUT2D eigenvalue weighted by Gasteiger charge is 2.25. The molecule has 0 N–H and O–H groups in total. The first kappa shape index (κ1) is 13.4. The Labute approximate surface area is 121 Å². The molecule has 0 fully saturated rings. The molecule has 3 nitrogen and oxygen atoms in total. The molecule has 0 radical (unpaired) electrons. The summed E-state index contributed by atoms with van der Waals surface area (Å²) in [4.78, 5) is 13.8. The highest BCUT2D eigenvalue weighted by atomic mass is 127. The van der Waals surface area contributed by atoms with Crippen LogP contribution in [0.1, 0.15) is 18.9 Å². The Morgan fingerprint density at radius 1 is 1.44 bits per heavy atom. The molecule has 1 heterocycles. The van der Waals surface area contributed by atoms with Gasteiger partial charge in [0, 0.05) is 10.1 Å². The van der Waals surface area contributed by atoms with Crippen molar-refractivity contribution in [3.8, 4) is 0 Å². The highest BCUT2D eigenvalue weighted by molar-refractivity contribution is 14.1. The lowest BCUT2D eigenvalue weighted by atomic mass is 10.1. The molecule has 0 saturated heterocycles. The molecule has 96 valence electrons. The fraction of sp³-hybridized carbons (Fsp3) is 0.357. The van der Waals surface area contributed by atoms with E-state index < -0.39 is 0 Å². The normalized spacial score (nSPS) is 19.3. The number of hydrogen-bond donors (Lipinski definition) is 0. The summed E-state index contributed by atoms with van der Waals surface area (Å²) in [6.07, 6.45) is 2.85. The Hall–Kier alpha value is -1.04. The Kier molecular flexibility index (Phi) is 4.63. The molecule has 0 saturated carbocycles. The van der Waals surface area contributed by atoms with Gasteiger partial charge < -0.3 is 9.64 Å². The van der Waals surface area contributed by atoms with Crippen LogP contribution in [0.2, 0.25) is 0 Å². The van der Waals surface area contributed by atoms with Crippen LogP contribution in [0.3, 0.4) is 0 Å². The van der Waals surface area contributed by atoms with Gasteiger partial charge in [0.1, 0.15) is 6.61 Å². The summed E-state index contributed by atoms with van der Waals surface area (Å²) in [5, 5.41) is 0. The van der Waals surface area contributed by atoms with Gasteiger partial charge in [0.25, 0.3) is 0 Å². The number of rotatable bonds is 2. The van der Waals surface area contributed by atoms with Crippen molar-refractivity contribution < 1.29 is 9.53 Å². The number of ether oxygens (including phenoxy) is 1. The summed E-state index contributed by atoms with van der Waals surface area (Å²) < 4.78 is 6.55. The standard InChI is InChI=1S/C14H16INO2/c1-11-13(15)8-5-9-16(11)14(17)18-10-12-6-3-2-4-7-12/h2-4,6-8,11H,5,9-10H2,1H3. The molecule has 0 aliphatic carbocycles. The van der Waals surface area contributed by atoms with E-state index in [1.807, 2.05) is 37.3 Å². The van der Waals surface area contributed by atoms with Crippen LogP contribution in [0, 0.1) is 0 Å². The number of halogens is 1. The summed E-state index contributed by atoms with van der Waals surface area (Å²) in [5.41, 5.74) is 1.01. The topological polar surface area (TPSA) is 29.5 Å². The van der Waals surface area contributed by atoms with E-state index in [2.05, 4.69) is 28.7 Å². The number of carbonyl (C=O) groups is 1. The summed E-state index contributed by atoms with van der Waals surface area (Å²) >= 11 is 2.28. The van der Waals surface area contributed by atoms with Crippen molar-refractivity contribution in [2.45, 2.75) is 26.0 Å². The first-order chi connectivity index (χ1) is 8.68. The number of carbonyl (C=O) groups excluding carboxylic acids is 1. The monoisotopic (exact) mass is 357 g/mol. The van der Waals surface area contributed by atoms with Gasteiger partial charge in [0.05, 0.1) is 6.04 Å². The van der Waals surface area contributed by atoms with E-state index >= 15 is 0 Å². The van der Waals surface area contributed by atoms with Crippen LogP contribution in [-0.2, 0) is 11.3 Å². The second kappa shape index (κ2) is 6.22. The Morgan fingerprint density at radius 2 is 2.17 bits per heavy atom. The number of hydrogen-bond acceptors (Lipinski definition) is 2. The molecule has 1 unspecified atom stereocenters. The molecule has 1 aliphatic heterocycles. The molecule has 1 amide bonds. The molecule has 0 bridgehead atoms. The van der Waals surface area contributed by atoms with Crippen LogP contribution in [-0.4, -0.2) is 23.6 Å². The molecular weight excluding hydrogens is 341 g/mol. The van der Waals surface area contributed by atoms with Crippen LogP contribution in [0.25, 0.3) is 0 Å². The van der Waals surface area contributed by atoms with Gasteiger partial charge in [-0.2, -0.15) is 0 Å². The maximum Gasteiger partial charge on any atom is 0.410 e. The maximum absolute atomic E-state index is 12.0. The zero-order chi connectivity index (χ0) is 13.0. The average Bonchev–Trinajstić information content (AvgIpc) is 2.40. The van der Waals surface area contributed by atoms with Gasteiger partial charge in [0.15, 0.2) is 0 Å². The van der Waals surface area contributed by atoms with Gasteiger partial charge in [-0.15, -0.1) is 0 Å². The van der Waals surface area contributed by atoms with Crippen molar-refractivity contribution in [2.75, 3.05) is 6.54 Å². The summed E-state index contributed by atoms with van der Waals surface area (Å²) in [5.74, 6) is 0. The van der Waals surface area contributed by atoms with Gasteiger partial charge in [-0.05, 0) is 41.5 Å². The fourth-order valence-corrected chi connectivity index (χ4v) is 2.55. The predicted molar refractivity (Wildman–Crippen MR) is 79.5 cm³/mol. The maximum atomic E-state index is 12.0. The quantitative estimate of drug-likeness (QED) is 0.755. The van der Waals surface area contributed by atoms with Gasteiger partial charge in [0.2, 0.25) is 0 Å². The molecule has 1 atom stereocenters. The smallest absolute Gasteiger partial charge is 0.410 e. The Bertz CT molecular complexity index is 444. The van der Waals surface area contributed by atoms with Gasteiger partial charge in [-0.1, -0.05) is 36.4 Å². The molecule has 1 aromatic carbocycles. The minimum absolute atomic E-state index is 0.127. The van der Waals surface area contributed by atoms with Gasteiger partial charge >= 0.3 is 6.09 Å². The van der Waals surface area contributed by atoms with E-state index in [9.17, 15) is 4.79 Å². The van der Waals surface area contributed by atoms with E-state index in [1.54, 1.807) is 4.90 Å². The number of benzene rings is 1. The van der Waals surface area contributed by atoms with Gasteiger partial charge in [-0.3, -0.25) is 0 Å². The van der Waals surface area contributed by atoms with Crippen molar-refractivity contribution in [1.29, 1.82) is 0 Å². The molecular formula is C14H16INO2. The summed E-state index contributed by atoms with van der Waals surface area (Å²) in [6.45, 7) is 3.10. The van der Waals surface area contributed by atoms with E-state index in [-0.39, 0.29) is 12.1 Å². The Balaban J connectivity index is 1.91. The zero-order valence-electron chi connectivity index (χ0n) is 10.3. The summed E-state index contributed by atoms with van der Waals surface area (Å²) in [6, 6.07) is 9.87. The SMILES string of the molecule is CC1C(I)=CCCN1C(=O)OCc1ccccc1. The van der Waals surface area contributed by atoms with E-state index in [0.717, 1.165) is 18.5 Å². The minimum atomic E-state index is -0.228. The number of nitrogens with zero attached hydrogens (tertiary/aromatic N) is 1. The van der Waals surface area contributed by atoms with Crippen LogP contribution in [0.4, 0.5) is 4.79 Å². The minimum Gasteiger partial charge on any atom is -0.445 e. The van der Waals surface area contributed by atoms with Crippen LogP contribution in [0.5, 0.6) is 0 Å². The lowest BCUT2D eigenvalue weighted by molar-refractivity contribution is 0.0883. The molecule has 0 spiro atoms. The first-order valence-electron chi connectivity index (χ1n) is 6.01. The molecule has 1 aliphatic rings. The molecule has 4 heteroatoms. The third-order valence-corrected chi connectivity index (χ3v) is 4.36. The van der Waals surface area contributed by atoms with Crippen molar-refractivity contribution in [3.05, 3.63) is 45.6 Å². The van der Waals surface area contributed by atoms with Gasteiger partial charge in [-0.25, -0.2) is 4.79 Å². The van der Waals surface area contributed by atoms with Crippen molar-refractivity contribution in [3.63, 3.8) is 0 Å². The lowest BCUT2D eigenvalue weighted by Gasteiger charge is -2.31. The predicted octanol–water partition coefficient (Wildman–Crippen LogP) is 3.74. The first-order valence-corrected chi connectivity index (χ1v) is 7.09. The highest BCUT2D eigenvalue weighted by Crippen LogP contribution is 2.23. The van der Waals surface area contributed by atoms with Crippen LogP contribution in [0.15, 0.2) is 40.0 Å². The Morgan fingerprint density at radius 3 is 2.89 bits per heavy atom. The number of amides is 1. The third-order valence-electron chi connectivity index (χ3n) is 3.02. The van der Waals surface area contributed by atoms with Crippen molar-refractivity contribution in [2.24, 2.45) is 0 Å². The van der Waals surface area contributed by atoms with E-state index in [4.69, 9.17) is 4.74 Å². The lowest BCUT2D eigenvalue weighted by Crippen LogP contribution is -2.41. The second-order valence-corrected chi connectivity index (χ2v) is 5.53. The molecule has 2 rings (SSSR count). The third kappa shape index (κ3) is 3.25. The summed E-state index contributed by atoms with van der Waals surface area (Å²) in [7, 11) is 0. The average molecular weight is 357 g/mol. The second-order valence-electron chi connectivity index (χ2n) is 4.29. The van der Waals surface area contributed by atoms with E-state index in [1.165, 1.54) is 3.58 Å². The van der Waals surface area contributed by atoms with Crippen LogP contribution < -0.4 is 0 Å². The largest absolute Gasteiger partial charge is 0.445 e. The molecule has 0 aromatic heterocycles. The van der Waals surface area contributed by atoms with Crippen LogP contribution >= 0.6 is 22.6 Å².